The van der Waals surface area contributed by atoms with Gasteiger partial charge in [-0.3, -0.25) is 9.36 Å². The summed E-state index contributed by atoms with van der Waals surface area (Å²) in [5.41, 5.74) is 4.18. The van der Waals surface area contributed by atoms with Crippen molar-refractivity contribution in [2.45, 2.75) is 51.5 Å². The number of unbranched alkanes of at least 4 members (excludes halogenated alkanes) is 2. The van der Waals surface area contributed by atoms with Crippen molar-refractivity contribution in [3.05, 3.63) is 32.7 Å². The van der Waals surface area contributed by atoms with Gasteiger partial charge in [-0.05, 0) is 25.3 Å². The quantitative estimate of drug-likeness (QED) is 0.478. The standard InChI is InChI=1S/C18H25FN4O3.C3H6N2/c1-4-5-6-9-21(2)15-13(19)10-12-14(16(15)26-3)22(11-7-8-11)18(25)23(20)17(12)24;4-2-1-3-5/h10-11H,4-9,20H2,1-3H3;1-2,4H2. The van der Waals surface area contributed by atoms with E-state index < -0.39 is 17.1 Å². The van der Waals surface area contributed by atoms with Crippen LogP contribution < -0.4 is 32.5 Å². The normalized spacial score (nSPS) is 12.8. The van der Waals surface area contributed by atoms with Gasteiger partial charge < -0.3 is 21.2 Å². The molecule has 0 unspecified atom stereocenters. The highest BCUT2D eigenvalue weighted by Gasteiger charge is 2.31. The average molecular weight is 435 g/mol. The number of nitrogens with zero attached hydrogens (tertiary/aromatic N) is 4. The van der Waals surface area contributed by atoms with Gasteiger partial charge in [0.15, 0.2) is 11.6 Å². The zero-order valence-electron chi connectivity index (χ0n) is 18.4. The number of aromatic nitrogens is 2. The fourth-order valence-electron chi connectivity index (χ4n) is 3.43. The fourth-order valence-corrected chi connectivity index (χ4v) is 3.43. The molecule has 1 heterocycles. The summed E-state index contributed by atoms with van der Waals surface area (Å²) in [5.74, 6) is 5.28. The third-order valence-electron chi connectivity index (χ3n) is 5.14. The molecule has 0 radical (unpaired) electrons. The van der Waals surface area contributed by atoms with Crippen molar-refractivity contribution in [3.63, 3.8) is 0 Å². The third-order valence-corrected chi connectivity index (χ3v) is 5.14. The van der Waals surface area contributed by atoms with Crippen molar-refractivity contribution in [2.24, 2.45) is 5.73 Å². The molecule has 0 spiro atoms. The Kier molecular flexibility index (Phi) is 8.45. The van der Waals surface area contributed by atoms with Gasteiger partial charge in [0, 0.05) is 32.6 Å². The average Bonchev–Trinajstić information content (AvgIpc) is 3.58. The molecule has 1 fully saturated rings. The van der Waals surface area contributed by atoms with Crippen LogP contribution >= 0.6 is 0 Å². The summed E-state index contributed by atoms with van der Waals surface area (Å²) in [7, 11) is 3.21. The molecule has 1 saturated carbocycles. The summed E-state index contributed by atoms with van der Waals surface area (Å²) in [6, 6.07) is 3.01. The van der Waals surface area contributed by atoms with E-state index in [-0.39, 0.29) is 22.9 Å². The first kappa shape index (κ1) is 24.2. The van der Waals surface area contributed by atoms with E-state index in [0.29, 0.717) is 29.7 Å². The topological polar surface area (TPSA) is 132 Å². The molecule has 1 aromatic carbocycles. The molecule has 0 bridgehead atoms. The number of hydrogen-bond acceptors (Lipinski definition) is 7. The van der Waals surface area contributed by atoms with Gasteiger partial charge in [-0.15, -0.1) is 0 Å². The second-order valence-corrected chi connectivity index (χ2v) is 7.52. The van der Waals surface area contributed by atoms with E-state index in [1.54, 1.807) is 11.9 Å². The first-order chi connectivity index (χ1) is 14.8. The number of methoxy groups -OCH3 is 1. The van der Waals surface area contributed by atoms with Crippen LogP contribution in [-0.2, 0) is 0 Å². The van der Waals surface area contributed by atoms with E-state index in [1.165, 1.54) is 11.7 Å². The van der Waals surface area contributed by atoms with Crippen molar-refractivity contribution in [1.82, 2.24) is 9.24 Å². The zero-order valence-corrected chi connectivity index (χ0v) is 18.4. The first-order valence-electron chi connectivity index (χ1n) is 10.4. The van der Waals surface area contributed by atoms with Gasteiger partial charge in [-0.25, -0.2) is 9.18 Å². The Morgan fingerprint density at radius 3 is 2.52 bits per heavy atom. The monoisotopic (exact) mass is 434 g/mol. The Balaban J connectivity index is 0.000000614. The molecule has 170 valence electrons. The predicted octanol–water partition coefficient (Wildman–Crippen LogP) is 1.84. The van der Waals surface area contributed by atoms with Gasteiger partial charge >= 0.3 is 5.69 Å². The molecule has 9 nitrogen and oxygen atoms in total. The lowest BCUT2D eigenvalue weighted by Crippen LogP contribution is -2.44. The fraction of sp³-hybridized carbons (Fsp3) is 0.571. The highest BCUT2D eigenvalue weighted by atomic mass is 19.1. The lowest BCUT2D eigenvalue weighted by atomic mass is 10.1. The maximum absolute atomic E-state index is 14.9. The minimum atomic E-state index is -0.723. The van der Waals surface area contributed by atoms with E-state index in [2.05, 4.69) is 6.92 Å². The van der Waals surface area contributed by atoms with Crippen LogP contribution in [-0.4, -0.2) is 36.5 Å². The van der Waals surface area contributed by atoms with Crippen LogP contribution in [0, 0.1) is 17.1 Å². The Morgan fingerprint density at radius 2 is 2.03 bits per heavy atom. The van der Waals surface area contributed by atoms with Crippen molar-refractivity contribution in [2.75, 3.05) is 38.0 Å². The minimum absolute atomic E-state index is 0.0435. The molecule has 10 heteroatoms. The maximum Gasteiger partial charge on any atom is 0.350 e. The van der Waals surface area contributed by atoms with Crippen LogP contribution in [0.15, 0.2) is 15.7 Å². The van der Waals surface area contributed by atoms with E-state index in [1.807, 2.05) is 6.07 Å². The van der Waals surface area contributed by atoms with E-state index in [9.17, 15) is 14.0 Å². The number of nitrogen functional groups attached to an aromatic ring is 1. The molecule has 0 aliphatic heterocycles. The number of rotatable bonds is 8. The maximum atomic E-state index is 14.9. The Bertz CT molecular complexity index is 1070. The molecule has 4 N–H and O–H groups in total. The predicted molar refractivity (Wildman–Crippen MR) is 119 cm³/mol. The van der Waals surface area contributed by atoms with Gasteiger partial charge in [0.2, 0.25) is 0 Å². The van der Waals surface area contributed by atoms with Crippen molar-refractivity contribution in [3.8, 4) is 11.8 Å². The van der Waals surface area contributed by atoms with Crippen LogP contribution in [0.4, 0.5) is 10.1 Å². The summed E-state index contributed by atoms with van der Waals surface area (Å²) < 4.78 is 22.4. The van der Waals surface area contributed by atoms with Crippen LogP contribution in [0.2, 0.25) is 0 Å². The van der Waals surface area contributed by atoms with E-state index in [0.717, 1.165) is 38.2 Å². The van der Waals surface area contributed by atoms with Gasteiger partial charge in [-0.1, -0.05) is 19.8 Å². The minimum Gasteiger partial charge on any atom is -0.492 e. The Morgan fingerprint density at radius 1 is 1.35 bits per heavy atom. The summed E-state index contributed by atoms with van der Waals surface area (Å²) in [4.78, 5) is 26.8. The number of benzene rings is 1. The number of halogens is 1. The summed E-state index contributed by atoms with van der Waals surface area (Å²) in [5, 5.41) is 7.79. The molecule has 1 aliphatic carbocycles. The second-order valence-electron chi connectivity index (χ2n) is 7.52. The number of fused-ring (bicyclic) bond motifs is 1. The number of anilines is 1. The molecule has 0 amide bonds. The van der Waals surface area contributed by atoms with Crippen LogP contribution in [0.25, 0.3) is 10.9 Å². The SMILES string of the molecule is CCCCCN(C)c1c(F)cc2c(=O)n(N)c(=O)n(C3CC3)c2c1OC.N#CCCN. The van der Waals surface area contributed by atoms with Crippen LogP contribution in [0.1, 0.15) is 51.5 Å². The largest absolute Gasteiger partial charge is 0.492 e. The van der Waals surface area contributed by atoms with E-state index in [4.69, 9.17) is 21.6 Å². The lowest BCUT2D eigenvalue weighted by molar-refractivity contribution is 0.412. The molecule has 0 atom stereocenters. The molecular weight excluding hydrogens is 403 g/mol. The van der Waals surface area contributed by atoms with E-state index >= 15 is 0 Å². The smallest absolute Gasteiger partial charge is 0.350 e. The van der Waals surface area contributed by atoms with Crippen molar-refractivity contribution >= 4 is 16.6 Å². The van der Waals surface area contributed by atoms with Gasteiger partial charge in [0.05, 0.1) is 18.6 Å². The summed E-state index contributed by atoms with van der Waals surface area (Å²) in [6.07, 6.45) is 5.10. The number of nitriles is 1. The first-order valence-corrected chi connectivity index (χ1v) is 10.4. The number of hydrogen-bond donors (Lipinski definition) is 2. The molecule has 3 rings (SSSR count). The van der Waals surface area contributed by atoms with Crippen LogP contribution in [0.3, 0.4) is 0 Å². The highest BCUT2D eigenvalue weighted by Crippen LogP contribution is 2.42. The molecule has 0 saturated heterocycles. The Hall–Kier alpha value is -3.06. The number of ether oxygens (including phenoxy) is 1. The highest BCUT2D eigenvalue weighted by molar-refractivity contribution is 5.91. The Labute approximate surface area is 180 Å². The molecular formula is C21H31FN6O3. The lowest BCUT2D eigenvalue weighted by Gasteiger charge is -2.24. The van der Waals surface area contributed by atoms with Crippen LogP contribution in [0.5, 0.6) is 5.75 Å². The number of nitrogens with two attached hydrogens (primary N) is 2. The second kappa shape index (κ2) is 10.8. The summed E-state index contributed by atoms with van der Waals surface area (Å²) >= 11 is 0. The molecule has 2 aromatic rings. The van der Waals surface area contributed by atoms with Gasteiger partial charge in [0.25, 0.3) is 5.56 Å². The van der Waals surface area contributed by atoms with Crippen molar-refractivity contribution < 1.29 is 9.13 Å². The zero-order chi connectivity index (χ0) is 23.1. The molecule has 1 aromatic heterocycles. The molecule has 1 aliphatic rings. The van der Waals surface area contributed by atoms with Gasteiger partial charge in [0.1, 0.15) is 11.2 Å². The third kappa shape index (κ3) is 5.17. The molecule has 31 heavy (non-hydrogen) atoms. The van der Waals surface area contributed by atoms with Crippen molar-refractivity contribution in [1.29, 1.82) is 5.26 Å². The van der Waals surface area contributed by atoms with Gasteiger partial charge in [-0.2, -0.15) is 9.94 Å². The summed E-state index contributed by atoms with van der Waals surface area (Å²) in [6.45, 7) is 3.23.